The van der Waals surface area contributed by atoms with Crippen LogP contribution in [-0.4, -0.2) is 6.61 Å². The lowest BCUT2D eigenvalue weighted by molar-refractivity contribution is 0.113. The second-order valence-electron chi connectivity index (χ2n) is 4.40. The van der Waals surface area contributed by atoms with Crippen molar-refractivity contribution in [1.29, 1.82) is 0 Å². The molecule has 2 N–H and O–H groups in total. The molecule has 0 bridgehead atoms. The number of ether oxygens (including phenoxy) is 1. The Hall–Kier alpha value is -1.09. The summed E-state index contributed by atoms with van der Waals surface area (Å²) in [5.41, 5.74) is 6.59. The van der Waals surface area contributed by atoms with Crippen LogP contribution in [0.1, 0.15) is 32.3 Å². The first kappa shape index (κ1) is 13.0. The first-order valence-electron chi connectivity index (χ1n) is 5.72. The summed E-state index contributed by atoms with van der Waals surface area (Å²) in [5, 5.41) is 0. The lowest BCUT2D eigenvalue weighted by Crippen LogP contribution is -2.03. The third-order valence-electron chi connectivity index (χ3n) is 2.47. The Balaban J connectivity index is 2.32. The lowest BCUT2D eigenvalue weighted by atomic mass is 10.1. The molecule has 16 heavy (non-hydrogen) atoms. The molecule has 0 aliphatic heterocycles. The molecule has 0 saturated heterocycles. The predicted octanol–water partition coefficient (Wildman–Crippen LogP) is 3.36. The zero-order chi connectivity index (χ0) is 12.0. The molecule has 0 radical (unpaired) electrons. The number of rotatable bonds is 6. The van der Waals surface area contributed by atoms with E-state index in [9.17, 15) is 4.39 Å². The highest BCUT2D eigenvalue weighted by Crippen LogP contribution is 2.16. The Kier molecular flexibility index (Phi) is 5.26. The van der Waals surface area contributed by atoms with E-state index in [1.807, 2.05) is 0 Å². The Morgan fingerprint density at radius 3 is 2.75 bits per heavy atom. The van der Waals surface area contributed by atoms with E-state index in [1.165, 1.54) is 6.07 Å². The molecular formula is C13H20FNO. The van der Waals surface area contributed by atoms with Crippen LogP contribution in [0.4, 0.5) is 10.1 Å². The van der Waals surface area contributed by atoms with E-state index in [0.29, 0.717) is 23.8 Å². The van der Waals surface area contributed by atoms with Crippen LogP contribution in [0.25, 0.3) is 0 Å². The second-order valence-corrected chi connectivity index (χ2v) is 4.40. The summed E-state index contributed by atoms with van der Waals surface area (Å²) in [4.78, 5) is 0. The van der Waals surface area contributed by atoms with Gasteiger partial charge in [0.15, 0.2) is 0 Å². The average Bonchev–Trinajstić information content (AvgIpc) is 2.21. The van der Waals surface area contributed by atoms with Crippen LogP contribution in [0.2, 0.25) is 0 Å². The van der Waals surface area contributed by atoms with Crippen molar-refractivity contribution in [3.8, 4) is 0 Å². The zero-order valence-corrected chi connectivity index (χ0v) is 10.0. The van der Waals surface area contributed by atoms with Gasteiger partial charge in [0, 0.05) is 17.9 Å². The fourth-order valence-corrected chi connectivity index (χ4v) is 1.50. The SMILES string of the molecule is CC(C)CCCOCc1c(N)cccc1F. The average molecular weight is 225 g/mol. The molecule has 0 aromatic heterocycles. The molecule has 2 nitrogen and oxygen atoms in total. The minimum atomic E-state index is -0.288. The number of hydrogen-bond donors (Lipinski definition) is 1. The molecule has 0 atom stereocenters. The first-order chi connectivity index (χ1) is 7.61. The number of nitrogen functional groups attached to an aromatic ring is 1. The minimum absolute atomic E-state index is 0.261. The van der Waals surface area contributed by atoms with Gasteiger partial charge in [0.05, 0.1) is 6.61 Å². The highest BCUT2D eigenvalue weighted by atomic mass is 19.1. The number of nitrogens with two attached hydrogens (primary N) is 1. The topological polar surface area (TPSA) is 35.2 Å². The number of hydrogen-bond acceptors (Lipinski definition) is 2. The van der Waals surface area contributed by atoms with Gasteiger partial charge in [0.1, 0.15) is 5.82 Å². The lowest BCUT2D eigenvalue weighted by Gasteiger charge is -2.08. The summed E-state index contributed by atoms with van der Waals surface area (Å²) in [6.45, 7) is 5.27. The van der Waals surface area contributed by atoms with Crippen molar-refractivity contribution < 1.29 is 9.13 Å². The van der Waals surface area contributed by atoms with E-state index in [0.717, 1.165) is 12.8 Å². The standard InChI is InChI=1S/C13H20FNO/c1-10(2)5-4-8-16-9-11-12(14)6-3-7-13(11)15/h3,6-7,10H,4-5,8-9,15H2,1-2H3. The molecule has 0 amide bonds. The van der Waals surface area contributed by atoms with Gasteiger partial charge in [0.25, 0.3) is 0 Å². The number of halogens is 1. The largest absolute Gasteiger partial charge is 0.398 e. The van der Waals surface area contributed by atoms with Gasteiger partial charge in [-0.3, -0.25) is 0 Å². The molecule has 1 rings (SSSR count). The van der Waals surface area contributed by atoms with Crippen molar-refractivity contribution in [1.82, 2.24) is 0 Å². The second kappa shape index (κ2) is 6.48. The maximum Gasteiger partial charge on any atom is 0.130 e. The molecule has 0 saturated carbocycles. The summed E-state index contributed by atoms with van der Waals surface area (Å²) < 4.78 is 18.7. The maximum absolute atomic E-state index is 13.3. The Labute approximate surface area is 96.6 Å². The Morgan fingerprint density at radius 2 is 2.12 bits per heavy atom. The predicted molar refractivity (Wildman–Crippen MR) is 64.5 cm³/mol. The first-order valence-corrected chi connectivity index (χ1v) is 5.72. The van der Waals surface area contributed by atoms with Crippen molar-refractivity contribution in [2.45, 2.75) is 33.3 Å². The van der Waals surface area contributed by atoms with Gasteiger partial charge in [-0.05, 0) is 30.9 Å². The number of benzene rings is 1. The fourth-order valence-electron chi connectivity index (χ4n) is 1.50. The van der Waals surface area contributed by atoms with Crippen molar-refractivity contribution in [3.05, 3.63) is 29.6 Å². The molecule has 3 heteroatoms. The zero-order valence-electron chi connectivity index (χ0n) is 10.0. The molecule has 0 fully saturated rings. The molecular weight excluding hydrogens is 205 g/mol. The van der Waals surface area contributed by atoms with Crippen molar-refractivity contribution in [2.75, 3.05) is 12.3 Å². The summed E-state index contributed by atoms with van der Waals surface area (Å²) in [6, 6.07) is 4.70. The molecule has 1 aromatic rings. The van der Waals surface area contributed by atoms with Gasteiger partial charge >= 0.3 is 0 Å². The third-order valence-corrected chi connectivity index (χ3v) is 2.47. The maximum atomic E-state index is 13.3. The third kappa shape index (κ3) is 4.19. The van der Waals surface area contributed by atoms with Gasteiger partial charge in [-0.2, -0.15) is 0 Å². The highest BCUT2D eigenvalue weighted by Gasteiger charge is 2.05. The van der Waals surface area contributed by atoms with Crippen LogP contribution in [0.15, 0.2) is 18.2 Å². The van der Waals surface area contributed by atoms with E-state index in [1.54, 1.807) is 12.1 Å². The summed E-state index contributed by atoms with van der Waals surface area (Å²) in [5.74, 6) is 0.394. The van der Waals surface area contributed by atoms with Crippen LogP contribution in [0.5, 0.6) is 0 Å². The van der Waals surface area contributed by atoms with Gasteiger partial charge < -0.3 is 10.5 Å². The summed E-state index contributed by atoms with van der Waals surface area (Å²) in [7, 11) is 0. The molecule has 0 aliphatic carbocycles. The monoisotopic (exact) mass is 225 g/mol. The Bertz CT molecular complexity index is 305. The molecule has 1 aromatic carbocycles. The molecule has 0 spiro atoms. The van der Waals surface area contributed by atoms with E-state index < -0.39 is 0 Å². The van der Waals surface area contributed by atoms with Gasteiger partial charge in [-0.25, -0.2) is 4.39 Å². The molecule has 90 valence electrons. The van der Waals surface area contributed by atoms with Crippen molar-refractivity contribution in [2.24, 2.45) is 5.92 Å². The Morgan fingerprint density at radius 1 is 1.38 bits per heavy atom. The quantitative estimate of drug-likeness (QED) is 0.595. The summed E-state index contributed by atoms with van der Waals surface area (Å²) >= 11 is 0. The van der Waals surface area contributed by atoms with Crippen LogP contribution in [-0.2, 0) is 11.3 Å². The highest BCUT2D eigenvalue weighted by molar-refractivity contribution is 5.46. The van der Waals surface area contributed by atoms with Crippen molar-refractivity contribution in [3.63, 3.8) is 0 Å². The van der Waals surface area contributed by atoms with Crippen LogP contribution < -0.4 is 5.73 Å². The van der Waals surface area contributed by atoms with Crippen molar-refractivity contribution >= 4 is 5.69 Å². The van der Waals surface area contributed by atoms with E-state index in [2.05, 4.69) is 13.8 Å². The van der Waals surface area contributed by atoms with Gasteiger partial charge in [0.2, 0.25) is 0 Å². The fraction of sp³-hybridized carbons (Fsp3) is 0.538. The smallest absolute Gasteiger partial charge is 0.130 e. The summed E-state index contributed by atoms with van der Waals surface area (Å²) in [6.07, 6.45) is 2.14. The van der Waals surface area contributed by atoms with E-state index in [4.69, 9.17) is 10.5 Å². The van der Waals surface area contributed by atoms with Crippen LogP contribution >= 0.6 is 0 Å². The molecule has 0 aliphatic rings. The number of anilines is 1. The minimum Gasteiger partial charge on any atom is -0.398 e. The van der Waals surface area contributed by atoms with E-state index >= 15 is 0 Å². The molecule has 0 unspecified atom stereocenters. The van der Waals surface area contributed by atoms with Gasteiger partial charge in [-0.15, -0.1) is 0 Å². The van der Waals surface area contributed by atoms with Crippen LogP contribution in [0, 0.1) is 11.7 Å². The van der Waals surface area contributed by atoms with Gasteiger partial charge in [-0.1, -0.05) is 19.9 Å². The normalized spacial score (nSPS) is 11.0. The van der Waals surface area contributed by atoms with Crippen LogP contribution in [0.3, 0.4) is 0 Å². The van der Waals surface area contributed by atoms with E-state index in [-0.39, 0.29) is 12.4 Å². The molecule has 0 heterocycles.